The fraction of sp³-hybridized carbons (Fsp3) is 0.200. The molecule has 0 aliphatic carbocycles. The minimum atomic E-state index is -0.129. The van der Waals surface area contributed by atoms with Crippen molar-refractivity contribution in [3.8, 4) is 0 Å². The molecule has 6 nitrogen and oxygen atoms in total. The van der Waals surface area contributed by atoms with E-state index in [1.165, 1.54) is 11.8 Å². The number of H-pyrrole nitrogens is 1. The summed E-state index contributed by atoms with van der Waals surface area (Å²) >= 11 is 1.42. The summed E-state index contributed by atoms with van der Waals surface area (Å²) in [7, 11) is 1.91. The maximum Gasteiger partial charge on any atom is 0.316 e. The maximum atomic E-state index is 11.6. The van der Waals surface area contributed by atoms with Gasteiger partial charge in [0.25, 0.3) is 0 Å². The summed E-state index contributed by atoms with van der Waals surface area (Å²) < 4.78 is 1.91. The monoisotopic (exact) mass is 250 g/mol. The summed E-state index contributed by atoms with van der Waals surface area (Å²) in [4.78, 5) is 22.5. The van der Waals surface area contributed by atoms with E-state index in [4.69, 9.17) is 0 Å². The number of aromatic nitrogens is 4. The SMILES string of the molecule is C[n+]1cc[nH]c1SCC(=O)Nc1ncccn1. The van der Waals surface area contributed by atoms with Crippen LogP contribution in [0.5, 0.6) is 0 Å². The number of rotatable bonds is 4. The number of carbonyl (C=O) groups is 1. The van der Waals surface area contributed by atoms with E-state index in [1.807, 2.05) is 24.0 Å². The highest BCUT2D eigenvalue weighted by molar-refractivity contribution is 7.99. The Hall–Kier alpha value is -1.89. The van der Waals surface area contributed by atoms with Gasteiger partial charge in [-0.1, -0.05) is 0 Å². The van der Waals surface area contributed by atoms with Gasteiger partial charge in [-0.15, -0.1) is 0 Å². The second-order valence-electron chi connectivity index (χ2n) is 3.29. The van der Waals surface area contributed by atoms with E-state index >= 15 is 0 Å². The molecule has 0 bridgehead atoms. The molecule has 0 unspecified atom stereocenters. The summed E-state index contributed by atoms with van der Waals surface area (Å²) in [5, 5.41) is 3.54. The van der Waals surface area contributed by atoms with E-state index in [9.17, 15) is 4.79 Å². The van der Waals surface area contributed by atoms with Gasteiger partial charge in [-0.3, -0.25) is 10.1 Å². The van der Waals surface area contributed by atoms with E-state index in [1.54, 1.807) is 18.5 Å². The van der Waals surface area contributed by atoms with Gasteiger partial charge in [0.15, 0.2) is 0 Å². The normalized spacial score (nSPS) is 10.2. The maximum absolute atomic E-state index is 11.6. The smallest absolute Gasteiger partial charge is 0.294 e. The van der Waals surface area contributed by atoms with Crippen LogP contribution < -0.4 is 9.88 Å². The van der Waals surface area contributed by atoms with Crippen molar-refractivity contribution in [3.05, 3.63) is 30.9 Å². The van der Waals surface area contributed by atoms with E-state index < -0.39 is 0 Å². The number of aryl methyl sites for hydroxylation is 1. The number of hydrogen-bond acceptors (Lipinski definition) is 4. The van der Waals surface area contributed by atoms with E-state index in [-0.39, 0.29) is 5.91 Å². The molecule has 0 atom stereocenters. The first-order chi connectivity index (χ1) is 8.25. The topological polar surface area (TPSA) is 74.5 Å². The number of nitrogens with one attached hydrogen (secondary N) is 2. The first kappa shape index (κ1) is 11.6. The van der Waals surface area contributed by atoms with Crippen molar-refractivity contribution in [2.75, 3.05) is 11.1 Å². The molecule has 0 saturated carbocycles. The second-order valence-corrected chi connectivity index (χ2v) is 4.25. The van der Waals surface area contributed by atoms with Gasteiger partial charge in [0.05, 0.1) is 12.8 Å². The molecule has 2 rings (SSSR count). The third-order valence-corrected chi connectivity index (χ3v) is 3.07. The lowest BCUT2D eigenvalue weighted by Crippen LogP contribution is -2.28. The Bertz CT molecular complexity index is 498. The highest BCUT2D eigenvalue weighted by atomic mass is 32.2. The van der Waals surface area contributed by atoms with Crippen molar-refractivity contribution in [1.82, 2.24) is 15.0 Å². The minimum Gasteiger partial charge on any atom is -0.294 e. The number of thioether (sulfide) groups is 1. The van der Waals surface area contributed by atoms with Crippen LogP contribution >= 0.6 is 11.8 Å². The Kier molecular flexibility index (Phi) is 3.71. The Labute approximate surface area is 102 Å². The van der Waals surface area contributed by atoms with Crippen molar-refractivity contribution in [3.63, 3.8) is 0 Å². The second kappa shape index (κ2) is 5.44. The highest BCUT2D eigenvalue weighted by Gasteiger charge is 2.11. The Morgan fingerprint density at radius 2 is 2.29 bits per heavy atom. The number of anilines is 1. The predicted molar refractivity (Wildman–Crippen MR) is 63.4 cm³/mol. The zero-order valence-corrected chi connectivity index (χ0v) is 10.1. The lowest BCUT2D eigenvalue weighted by molar-refractivity contribution is -0.708. The van der Waals surface area contributed by atoms with Crippen molar-refractivity contribution < 1.29 is 9.36 Å². The fourth-order valence-corrected chi connectivity index (χ4v) is 1.95. The number of amides is 1. The molecule has 0 aliphatic rings. The molecule has 0 spiro atoms. The van der Waals surface area contributed by atoms with Crippen LogP contribution in [-0.2, 0) is 11.8 Å². The van der Waals surface area contributed by atoms with Crippen LogP contribution in [-0.4, -0.2) is 26.6 Å². The molecule has 2 heterocycles. The average Bonchev–Trinajstić information content (AvgIpc) is 2.74. The quantitative estimate of drug-likeness (QED) is 0.607. The molecule has 0 aromatic carbocycles. The van der Waals surface area contributed by atoms with Crippen LogP contribution in [0.25, 0.3) is 0 Å². The summed E-state index contributed by atoms with van der Waals surface area (Å²) in [6.07, 6.45) is 6.88. The molecular formula is C10H12N5OS+. The molecule has 0 saturated heterocycles. The molecule has 0 radical (unpaired) electrons. The summed E-state index contributed by atoms with van der Waals surface area (Å²) in [6, 6.07) is 1.70. The predicted octanol–water partition coefficient (Wildman–Crippen LogP) is 0.360. The average molecular weight is 250 g/mol. The van der Waals surface area contributed by atoms with Gasteiger partial charge < -0.3 is 0 Å². The van der Waals surface area contributed by atoms with Crippen molar-refractivity contribution in [2.24, 2.45) is 7.05 Å². The Morgan fingerprint density at radius 1 is 1.53 bits per heavy atom. The molecule has 0 fully saturated rings. The van der Waals surface area contributed by atoms with Gasteiger partial charge >= 0.3 is 5.16 Å². The van der Waals surface area contributed by atoms with Gasteiger partial charge in [-0.2, -0.15) is 0 Å². The van der Waals surface area contributed by atoms with Crippen LogP contribution in [0.4, 0.5) is 5.95 Å². The number of nitrogens with zero attached hydrogens (tertiary/aromatic N) is 3. The van der Waals surface area contributed by atoms with Gasteiger partial charge in [0, 0.05) is 12.4 Å². The van der Waals surface area contributed by atoms with Gasteiger partial charge in [0.1, 0.15) is 12.4 Å². The Morgan fingerprint density at radius 3 is 2.94 bits per heavy atom. The molecule has 88 valence electrons. The zero-order valence-electron chi connectivity index (χ0n) is 9.25. The van der Waals surface area contributed by atoms with Crippen LogP contribution in [0.2, 0.25) is 0 Å². The van der Waals surface area contributed by atoms with Crippen LogP contribution in [0.1, 0.15) is 0 Å². The molecule has 7 heteroatoms. The molecule has 1 amide bonds. The first-order valence-corrected chi connectivity index (χ1v) is 5.97. The van der Waals surface area contributed by atoms with E-state index in [2.05, 4.69) is 20.3 Å². The number of aromatic amines is 1. The molecular weight excluding hydrogens is 238 g/mol. The standard InChI is InChI=1S/C10H11N5OS/c1-15-6-5-13-10(15)17-7-8(16)14-9-11-3-2-4-12-9/h2-6H,7H2,1H3,(H,11,12,14,16)/p+1. The number of carbonyl (C=O) groups excluding carboxylic acids is 1. The summed E-state index contributed by atoms with van der Waals surface area (Å²) in [5.74, 6) is 0.511. The number of hydrogen-bond donors (Lipinski definition) is 2. The molecule has 2 aromatic rings. The van der Waals surface area contributed by atoms with Crippen LogP contribution in [0, 0.1) is 0 Å². The lowest BCUT2D eigenvalue weighted by atomic mass is 10.6. The minimum absolute atomic E-state index is 0.129. The van der Waals surface area contributed by atoms with E-state index in [0.717, 1.165) is 5.16 Å². The summed E-state index contributed by atoms with van der Waals surface area (Å²) in [5.41, 5.74) is 0. The molecule has 17 heavy (non-hydrogen) atoms. The molecule has 0 aliphatic heterocycles. The third kappa shape index (κ3) is 3.28. The third-order valence-electron chi connectivity index (χ3n) is 1.98. The Balaban J connectivity index is 1.84. The zero-order chi connectivity index (χ0) is 12.1. The largest absolute Gasteiger partial charge is 0.316 e. The first-order valence-electron chi connectivity index (χ1n) is 4.98. The number of imidazole rings is 1. The van der Waals surface area contributed by atoms with Crippen LogP contribution in [0.15, 0.2) is 36.0 Å². The van der Waals surface area contributed by atoms with Crippen molar-refractivity contribution in [1.29, 1.82) is 0 Å². The van der Waals surface area contributed by atoms with Crippen molar-refractivity contribution >= 4 is 23.6 Å². The molecule has 2 N–H and O–H groups in total. The summed E-state index contributed by atoms with van der Waals surface area (Å²) in [6.45, 7) is 0. The van der Waals surface area contributed by atoms with Gasteiger partial charge in [-0.05, 0) is 17.8 Å². The van der Waals surface area contributed by atoms with Crippen molar-refractivity contribution in [2.45, 2.75) is 5.16 Å². The molecule has 2 aromatic heterocycles. The van der Waals surface area contributed by atoms with E-state index in [0.29, 0.717) is 11.7 Å². The van der Waals surface area contributed by atoms with Gasteiger partial charge in [-0.25, -0.2) is 19.5 Å². The van der Waals surface area contributed by atoms with Crippen LogP contribution in [0.3, 0.4) is 0 Å². The fourth-order valence-electron chi connectivity index (χ4n) is 1.19. The highest BCUT2D eigenvalue weighted by Crippen LogP contribution is 2.09. The van der Waals surface area contributed by atoms with Gasteiger partial charge in [0.2, 0.25) is 11.9 Å². The lowest BCUT2D eigenvalue weighted by Gasteiger charge is -2.00.